The standard InChI is InChI=1S/C19H15ClF2N4O/c1-9-8-10(4-6-24-9)16-18-11(5-7-25-16)17(19(23)27-18)26-13-3-2-12(21)14(20)15(13)22/h3-8,12,26H,2,23H2,1H3. The lowest BCUT2D eigenvalue weighted by molar-refractivity contribution is 0.383. The van der Waals surface area contributed by atoms with Crippen molar-refractivity contribution < 1.29 is 13.2 Å². The topological polar surface area (TPSA) is 77.0 Å². The molecule has 0 bridgehead atoms. The first-order chi connectivity index (χ1) is 13.0. The number of pyridine rings is 2. The van der Waals surface area contributed by atoms with Crippen LogP contribution in [0.25, 0.3) is 22.2 Å². The molecule has 3 aromatic heterocycles. The number of nitrogen functional groups attached to an aromatic ring is 1. The number of alkyl halides is 1. The molecule has 1 aliphatic carbocycles. The van der Waals surface area contributed by atoms with Crippen molar-refractivity contribution in [1.82, 2.24) is 9.97 Å². The maximum Gasteiger partial charge on any atom is 0.215 e. The highest BCUT2D eigenvalue weighted by molar-refractivity contribution is 6.30. The lowest BCUT2D eigenvalue weighted by atomic mass is 10.1. The van der Waals surface area contributed by atoms with E-state index in [0.717, 1.165) is 11.3 Å². The smallest absolute Gasteiger partial charge is 0.215 e. The summed E-state index contributed by atoms with van der Waals surface area (Å²) in [5, 5.41) is 3.05. The van der Waals surface area contributed by atoms with Crippen molar-refractivity contribution in [3.63, 3.8) is 0 Å². The van der Waals surface area contributed by atoms with E-state index < -0.39 is 17.0 Å². The molecule has 1 unspecified atom stereocenters. The van der Waals surface area contributed by atoms with Gasteiger partial charge in [0.05, 0.1) is 16.1 Å². The van der Waals surface area contributed by atoms with Gasteiger partial charge in [0.25, 0.3) is 0 Å². The molecule has 1 atom stereocenters. The summed E-state index contributed by atoms with van der Waals surface area (Å²) in [6.07, 6.45) is 3.13. The Balaban J connectivity index is 1.80. The number of aromatic nitrogens is 2. The molecule has 4 rings (SSSR count). The lowest BCUT2D eigenvalue weighted by Gasteiger charge is -2.17. The third-order valence-electron chi connectivity index (χ3n) is 4.31. The number of nitrogens with one attached hydrogen (secondary N) is 1. The molecule has 0 aromatic carbocycles. The van der Waals surface area contributed by atoms with E-state index in [2.05, 4.69) is 15.3 Å². The van der Waals surface area contributed by atoms with Gasteiger partial charge in [-0.1, -0.05) is 17.7 Å². The summed E-state index contributed by atoms with van der Waals surface area (Å²) in [4.78, 5) is 8.56. The van der Waals surface area contributed by atoms with E-state index >= 15 is 0 Å². The Morgan fingerprint density at radius 3 is 2.85 bits per heavy atom. The van der Waals surface area contributed by atoms with Crippen molar-refractivity contribution >= 4 is 34.1 Å². The minimum atomic E-state index is -1.54. The Kier molecular flexibility index (Phi) is 4.31. The number of nitrogens with zero attached hydrogens (tertiary/aromatic N) is 2. The van der Waals surface area contributed by atoms with Gasteiger partial charge in [-0.05, 0) is 25.1 Å². The Bertz CT molecular complexity index is 1110. The second kappa shape index (κ2) is 6.66. The molecule has 0 fully saturated rings. The minimum Gasteiger partial charge on any atom is -0.436 e. The molecule has 3 heterocycles. The van der Waals surface area contributed by atoms with E-state index in [9.17, 15) is 8.78 Å². The van der Waals surface area contributed by atoms with Crippen molar-refractivity contribution in [3.05, 3.63) is 58.9 Å². The molecule has 3 aromatic rings. The molecule has 1 aliphatic rings. The van der Waals surface area contributed by atoms with Gasteiger partial charge in [-0.2, -0.15) is 0 Å². The number of rotatable bonds is 3. The molecule has 8 heteroatoms. The van der Waals surface area contributed by atoms with Gasteiger partial charge in [-0.3, -0.25) is 9.97 Å². The molecule has 0 saturated carbocycles. The molecular weight excluding hydrogens is 374 g/mol. The zero-order chi connectivity index (χ0) is 19.1. The van der Waals surface area contributed by atoms with Crippen LogP contribution in [-0.4, -0.2) is 16.1 Å². The summed E-state index contributed by atoms with van der Waals surface area (Å²) in [6, 6.07) is 5.40. The highest BCUT2D eigenvalue weighted by Gasteiger charge is 2.25. The third kappa shape index (κ3) is 3.04. The number of furan rings is 1. The molecule has 27 heavy (non-hydrogen) atoms. The Morgan fingerprint density at radius 1 is 1.30 bits per heavy atom. The fourth-order valence-corrected chi connectivity index (χ4v) is 3.18. The number of hydrogen-bond donors (Lipinski definition) is 2. The van der Waals surface area contributed by atoms with Crippen molar-refractivity contribution in [3.8, 4) is 11.3 Å². The van der Waals surface area contributed by atoms with Gasteiger partial charge in [0, 0.05) is 30.1 Å². The molecular formula is C19H15ClF2N4O. The second-order valence-corrected chi connectivity index (χ2v) is 6.58. The third-order valence-corrected chi connectivity index (χ3v) is 4.71. The number of aryl methyl sites for hydroxylation is 1. The summed E-state index contributed by atoms with van der Waals surface area (Å²) in [5.74, 6) is -0.777. The monoisotopic (exact) mass is 388 g/mol. The maximum absolute atomic E-state index is 14.3. The lowest BCUT2D eigenvalue weighted by Crippen LogP contribution is -2.12. The SMILES string of the molecule is Cc1cc(-c2nccc3c(NC4=CCC(F)C(Cl)=C4F)c(N)oc23)ccn1. The highest BCUT2D eigenvalue weighted by atomic mass is 35.5. The van der Waals surface area contributed by atoms with Crippen molar-refractivity contribution in [2.75, 3.05) is 11.1 Å². The van der Waals surface area contributed by atoms with Gasteiger partial charge in [0.1, 0.15) is 17.6 Å². The molecule has 0 aliphatic heterocycles. The Hall–Kier alpha value is -2.93. The first kappa shape index (κ1) is 17.5. The van der Waals surface area contributed by atoms with Gasteiger partial charge in [-0.25, -0.2) is 8.78 Å². The summed E-state index contributed by atoms with van der Waals surface area (Å²) in [7, 11) is 0. The highest BCUT2D eigenvalue weighted by Crippen LogP contribution is 2.40. The van der Waals surface area contributed by atoms with E-state index in [-0.39, 0.29) is 18.0 Å². The van der Waals surface area contributed by atoms with Crippen molar-refractivity contribution in [1.29, 1.82) is 0 Å². The van der Waals surface area contributed by atoms with Crippen LogP contribution in [0.2, 0.25) is 0 Å². The quantitative estimate of drug-likeness (QED) is 0.641. The van der Waals surface area contributed by atoms with Gasteiger partial charge < -0.3 is 15.5 Å². The van der Waals surface area contributed by atoms with Gasteiger partial charge in [-0.15, -0.1) is 0 Å². The molecule has 0 spiro atoms. The number of halogens is 3. The number of hydrogen-bond acceptors (Lipinski definition) is 5. The predicted molar refractivity (Wildman–Crippen MR) is 102 cm³/mol. The van der Waals surface area contributed by atoms with Crippen molar-refractivity contribution in [2.24, 2.45) is 0 Å². The second-order valence-electron chi connectivity index (χ2n) is 6.17. The average Bonchev–Trinajstić information content (AvgIpc) is 2.97. The van der Waals surface area contributed by atoms with Gasteiger partial charge >= 0.3 is 0 Å². The maximum atomic E-state index is 14.3. The van der Waals surface area contributed by atoms with E-state index in [1.165, 1.54) is 6.08 Å². The zero-order valence-electron chi connectivity index (χ0n) is 14.3. The molecule has 0 amide bonds. The largest absolute Gasteiger partial charge is 0.436 e. The van der Waals surface area contributed by atoms with E-state index in [1.807, 2.05) is 19.1 Å². The summed E-state index contributed by atoms with van der Waals surface area (Å²) < 4.78 is 33.5. The number of nitrogens with two attached hydrogens (primary N) is 1. The van der Waals surface area contributed by atoms with Crippen LogP contribution in [0.3, 0.4) is 0 Å². The van der Waals surface area contributed by atoms with Crippen LogP contribution in [-0.2, 0) is 0 Å². The van der Waals surface area contributed by atoms with Crippen LogP contribution in [0.15, 0.2) is 57.6 Å². The van der Waals surface area contributed by atoms with E-state index in [4.69, 9.17) is 21.8 Å². The summed E-state index contributed by atoms with van der Waals surface area (Å²) in [5.41, 5.74) is 9.15. The van der Waals surface area contributed by atoms with Crippen molar-refractivity contribution in [2.45, 2.75) is 19.5 Å². The van der Waals surface area contributed by atoms with Crippen LogP contribution in [0.1, 0.15) is 12.1 Å². The number of fused-ring (bicyclic) bond motifs is 1. The Labute approximate surface area is 158 Å². The van der Waals surface area contributed by atoms with Gasteiger partial charge in [0.2, 0.25) is 5.88 Å². The van der Waals surface area contributed by atoms with Gasteiger partial charge in [0.15, 0.2) is 11.4 Å². The fourth-order valence-electron chi connectivity index (χ4n) is 2.99. The zero-order valence-corrected chi connectivity index (χ0v) is 15.0. The minimum absolute atomic E-state index is 0.0205. The van der Waals surface area contributed by atoms with E-state index in [0.29, 0.717) is 22.4 Å². The molecule has 5 nitrogen and oxygen atoms in total. The first-order valence-corrected chi connectivity index (χ1v) is 8.60. The molecule has 3 N–H and O–H groups in total. The molecule has 138 valence electrons. The number of allylic oxidation sites excluding steroid dienone is 3. The normalized spacial score (nSPS) is 17.3. The average molecular weight is 389 g/mol. The first-order valence-electron chi connectivity index (χ1n) is 8.22. The predicted octanol–water partition coefficient (Wildman–Crippen LogP) is 5.24. The van der Waals surface area contributed by atoms with Crippen LogP contribution in [0, 0.1) is 6.92 Å². The van der Waals surface area contributed by atoms with E-state index in [1.54, 1.807) is 18.5 Å². The van der Waals surface area contributed by atoms with Crippen LogP contribution < -0.4 is 11.1 Å². The summed E-state index contributed by atoms with van der Waals surface area (Å²) in [6.45, 7) is 1.87. The van der Waals surface area contributed by atoms with Crippen LogP contribution in [0.4, 0.5) is 20.4 Å². The molecule has 0 radical (unpaired) electrons. The van der Waals surface area contributed by atoms with Crippen LogP contribution >= 0.6 is 11.6 Å². The Morgan fingerprint density at radius 2 is 2.07 bits per heavy atom. The molecule has 0 saturated heterocycles. The number of anilines is 2. The van der Waals surface area contributed by atoms with Crippen LogP contribution in [0.5, 0.6) is 0 Å². The summed E-state index contributed by atoms with van der Waals surface area (Å²) >= 11 is 5.71. The fraction of sp³-hybridized carbons (Fsp3) is 0.158.